The lowest BCUT2D eigenvalue weighted by Gasteiger charge is -2.42. The number of anilines is 1. The van der Waals surface area contributed by atoms with Gasteiger partial charge in [-0.3, -0.25) is 4.79 Å². The van der Waals surface area contributed by atoms with E-state index in [0.717, 1.165) is 44.6 Å². The molecule has 0 radical (unpaired) electrons. The van der Waals surface area contributed by atoms with Crippen LogP contribution in [0.2, 0.25) is 5.02 Å². The zero-order valence-corrected chi connectivity index (χ0v) is 18.8. The molecule has 1 heterocycles. The number of halogens is 2. The zero-order valence-electron chi connectivity index (χ0n) is 18.0. The van der Waals surface area contributed by atoms with Crippen LogP contribution in [0.15, 0.2) is 48.5 Å². The van der Waals surface area contributed by atoms with Crippen LogP contribution in [0.3, 0.4) is 0 Å². The van der Waals surface area contributed by atoms with Crippen molar-refractivity contribution in [2.24, 2.45) is 17.8 Å². The van der Waals surface area contributed by atoms with Crippen LogP contribution >= 0.6 is 11.6 Å². The van der Waals surface area contributed by atoms with Crippen molar-refractivity contribution in [3.05, 3.63) is 64.9 Å². The summed E-state index contributed by atoms with van der Waals surface area (Å²) in [5.74, 6) is 0.900. The smallest absolute Gasteiger partial charge is 0.319 e. The number of benzene rings is 2. The number of Topliss-reactive ketones (excluding diaryl/α,β-unsaturated/α-hetero) is 1. The molecular weight excluding hydrogens is 429 g/mol. The summed E-state index contributed by atoms with van der Waals surface area (Å²) >= 11 is 5.87. The first-order chi connectivity index (χ1) is 15.5. The Kier molecular flexibility index (Phi) is 7.43. The predicted octanol–water partition coefficient (Wildman–Crippen LogP) is 5.22. The van der Waals surface area contributed by atoms with Gasteiger partial charge in [0.2, 0.25) is 0 Å². The lowest BCUT2D eigenvalue weighted by Crippen LogP contribution is -2.46. The normalized spacial score (nSPS) is 21.6. The highest BCUT2D eigenvalue weighted by atomic mass is 35.5. The Morgan fingerprint density at radius 3 is 2.22 bits per heavy atom. The number of ketones is 1. The van der Waals surface area contributed by atoms with Crippen molar-refractivity contribution >= 4 is 29.1 Å². The van der Waals surface area contributed by atoms with E-state index in [4.69, 9.17) is 11.6 Å². The van der Waals surface area contributed by atoms with Crippen LogP contribution in [0.4, 0.5) is 14.9 Å². The minimum Gasteiger partial charge on any atom is -0.338 e. The van der Waals surface area contributed by atoms with Crippen LogP contribution in [0.25, 0.3) is 0 Å². The number of likely N-dealkylation sites (tertiary alicyclic amines) is 1. The molecule has 2 amide bonds. The molecule has 2 atom stereocenters. The van der Waals surface area contributed by atoms with E-state index >= 15 is 0 Å². The second-order valence-electron chi connectivity index (χ2n) is 8.89. The monoisotopic (exact) mass is 457 g/mol. The van der Waals surface area contributed by atoms with Gasteiger partial charge in [-0.15, -0.1) is 0 Å². The third kappa shape index (κ3) is 5.87. The summed E-state index contributed by atoms with van der Waals surface area (Å²) in [5, 5.41) is 6.45. The van der Waals surface area contributed by atoms with Gasteiger partial charge in [0.1, 0.15) is 5.82 Å². The Morgan fingerprint density at radius 2 is 1.59 bits per heavy atom. The lowest BCUT2D eigenvalue weighted by molar-refractivity contribution is 0.0712. The van der Waals surface area contributed by atoms with Crippen molar-refractivity contribution in [2.75, 3.05) is 31.5 Å². The van der Waals surface area contributed by atoms with Gasteiger partial charge in [-0.1, -0.05) is 11.6 Å². The van der Waals surface area contributed by atoms with Crippen molar-refractivity contribution in [1.29, 1.82) is 0 Å². The van der Waals surface area contributed by atoms with Crippen LogP contribution in [-0.4, -0.2) is 42.9 Å². The highest BCUT2D eigenvalue weighted by molar-refractivity contribution is 6.30. The molecule has 5 nitrogen and oxygen atoms in total. The molecule has 7 heteroatoms. The van der Waals surface area contributed by atoms with E-state index in [-0.39, 0.29) is 23.5 Å². The van der Waals surface area contributed by atoms with E-state index in [2.05, 4.69) is 15.5 Å². The number of nitrogens with one attached hydrogen (secondary N) is 2. The Balaban J connectivity index is 1.17. The Labute approximate surface area is 193 Å². The summed E-state index contributed by atoms with van der Waals surface area (Å²) in [6, 6.07) is 12.7. The number of piperidine rings is 1. The molecule has 2 N–H and O–H groups in total. The number of rotatable bonds is 7. The van der Waals surface area contributed by atoms with Crippen molar-refractivity contribution < 1.29 is 14.0 Å². The van der Waals surface area contributed by atoms with Crippen LogP contribution in [0.5, 0.6) is 0 Å². The fourth-order valence-electron chi connectivity index (χ4n) is 4.64. The molecule has 170 valence electrons. The summed E-state index contributed by atoms with van der Waals surface area (Å²) in [4.78, 5) is 27.3. The standard InChI is InChI=1S/C25H29ClFN3O2/c26-21-5-9-23(10-6-21)29-25(32)28-15-19-1-2-20(19)16-30-13-11-18(12-14-30)24(31)17-3-7-22(27)8-4-17/h3-10,18-20H,1-2,11-16H2,(H2,28,29,32). The average molecular weight is 458 g/mol. The Morgan fingerprint density at radius 1 is 0.938 bits per heavy atom. The lowest BCUT2D eigenvalue weighted by atomic mass is 9.73. The van der Waals surface area contributed by atoms with Gasteiger partial charge in [-0.05, 0) is 99.1 Å². The molecule has 0 aromatic heterocycles. The summed E-state index contributed by atoms with van der Waals surface area (Å²) in [6.07, 6.45) is 4.00. The van der Waals surface area contributed by atoms with Gasteiger partial charge in [0, 0.05) is 35.3 Å². The Hall–Kier alpha value is -2.44. The first kappa shape index (κ1) is 22.7. The van der Waals surface area contributed by atoms with Crippen molar-refractivity contribution in [2.45, 2.75) is 25.7 Å². The SMILES string of the molecule is O=C(NCC1CCC1CN1CCC(C(=O)c2ccc(F)cc2)CC1)Nc1ccc(Cl)cc1. The molecule has 4 rings (SSSR count). The third-order valence-corrected chi connectivity index (χ3v) is 7.03. The molecule has 2 unspecified atom stereocenters. The summed E-state index contributed by atoms with van der Waals surface area (Å²) in [6.45, 7) is 3.50. The maximum absolute atomic E-state index is 13.1. The van der Waals surface area contributed by atoms with Crippen LogP contribution in [0, 0.1) is 23.6 Å². The van der Waals surface area contributed by atoms with E-state index in [0.29, 0.717) is 29.0 Å². The molecule has 2 aliphatic rings. The van der Waals surface area contributed by atoms with Gasteiger partial charge < -0.3 is 15.5 Å². The first-order valence-electron chi connectivity index (χ1n) is 11.3. The molecule has 1 saturated carbocycles. The molecule has 2 fully saturated rings. The van der Waals surface area contributed by atoms with Crippen LogP contribution < -0.4 is 10.6 Å². The van der Waals surface area contributed by atoms with Crippen molar-refractivity contribution in [3.8, 4) is 0 Å². The number of hydrogen-bond acceptors (Lipinski definition) is 3. The number of carbonyl (C=O) groups excluding carboxylic acids is 2. The maximum Gasteiger partial charge on any atom is 0.319 e. The molecular formula is C25H29ClFN3O2. The third-order valence-electron chi connectivity index (χ3n) is 6.78. The van der Waals surface area contributed by atoms with E-state index < -0.39 is 0 Å². The quantitative estimate of drug-likeness (QED) is 0.560. The highest BCUT2D eigenvalue weighted by Gasteiger charge is 2.34. The molecule has 1 aliphatic heterocycles. The van der Waals surface area contributed by atoms with E-state index in [1.165, 1.54) is 18.6 Å². The molecule has 1 aliphatic carbocycles. The predicted molar refractivity (Wildman–Crippen MR) is 125 cm³/mol. The van der Waals surface area contributed by atoms with Gasteiger partial charge in [0.05, 0.1) is 0 Å². The summed E-state index contributed by atoms with van der Waals surface area (Å²) in [5.41, 5.74) is 1.32. The molecule has 2 aromatic rings. The average Bonchev–Trinajstić information content (AvgIpc) is 2.79. The number of urea groups is 1. The number of hydrogen-bond donors (Lipinski definition) is 2. The summed E-state index contributed by atoms with van der Waals surface area (Å²) < 4.78 is 13.1. The first-order valence-corrected chi connectivity index (χ1v) is 11.7. The fraction of sp³-hybridized carbons (Fsp3) is 0.440. The van der Waals surface area contributed by atoms with Crippen LogP contribution in [-0.2, 0) is 0 Å². The minimum atomic E-state index is -0.316. The molecule has 0 spiro atoms. The molecule has 32 heavy (non-hydrogen) atoms. The van der Waals surface area contributed by atoms with Gasteiger partial charge in [-0.2, -0.15) is 0 Å². The van der Waals surface area contributed by atoms with E-state index in [9.17, 15) is 14.0 Å². The number of carbonyl (C=O) groups is 2. The maximum atomic E-state index is 13.1. The Bertz CT molecular complexity index is 927. The largest absolute Gasteiger partial charge is 0.338 e. The van der Waals surface area contributed by atoms with E-state index in [1.807, 2.05) is 0 Å². The number of nitrogens with zero attached hydrogens (tertiary/aromatic N) is 1. The molecule has 2 aromatic carbocycles. The van der Waals surface area contributed by atoms with Crippen LogP contribution in [0.1, 0.15) is 36.0 Å². The van der Waals surface area contributed by atoms with Crippen molar-refractivity contribution in [1.82, 2.24) is 10.2 Å². The summed E-state index contributed by atoms with van der Waals surface area (Å²) in [7, 11) is 0. The highest BCUT2D eigenvalue weighted by Crippen LogP contribution is 2.35. The van der Waals surface area contributed by atoms with Gasteiger partial charge in [-0.25, -0.2) is 9.18 Å². The minimum absolute atomic E-state index is 0.0205. The van der Waals surface area contributed by atoms with Gasteiger partial charge in [0.15, 0.2) is 5.78 Å². The molecule has 0 bridgehead atoms. The molecule has 1 saturated heterocycles. The van der Waals surface area contributed by atoms with Gasteiger partial charge in [0.25, 0.3) is 0 Å². The van der Waals surface area contributed by atoms with Gasteiger partial charge >= 0.3 is 6.03 Å². The van der Waals surface area contributed by atoms with Crippen molar-refractivity contribution in [3.63, 3.8) is 0 Å². The second-order valence-corrected chi connectivity index (χ2v) is 9.32. The zero-order chi connectivity index (χ0) is 22.5. The fourth-order valence-corrected chi connectivity index (χ4v) is 4.76. The van der Waals surface area contributed by atoms with E-state index in [1.54, 1.807) is 36.4 Å². The second kappa shape index (κ2) is 10.5. The number of amides is 2. The topological polar surface area (TPSA) is 61.4 Å².